The van der Waals surface area contributed by atoms with Crippen LogP contribution in [0.4, 0.5) is 4.39 Å². The zero-order valence-electron chi connectivity index (χ0n) is 7.17. The van der Waals surface area contributed by atoms with Gasteiger partial charge in [0.05, 0.1) is 0 Å². The van der Waals surface area contributed by atoms with E-state index in [0.29, 0.717) is 5.56 Å². The van der Waals surface area contributed by atoms with E-state index < -0.39 is 0 Å². The molecule has 0 fully saturated rings. The number of benzene rings is 1. The third-order valence-corrected chi connectivity index (χ3v) is 1.72. The van der Waals surface area contributed by atoms with Crippen molar-refractivity contribution in [3.63, 3.8) is 0 Å². The van der Waals surface area contributed by atoms with Gasteiger partial charge in [0, 0.05) is 6.04 Å². The van der Waals surface area contributed by atoms with Gasteiger partial charge in [-0.2, -0.15) is 0 Å². The topological polar surface area (TPSA) is 26.0 Å². The molecule has 0 amide bonds. The van der Waals surface area contributed by atoms with Gasteiger partial charge in [-0.3, -0.25) is 0 Å². The molecule has 0 aromatic heterocycles. The molecule has 0 aliphatic carbocycles. The smallest absolute Gasteiger partial charge is 0.126 e. The molecular weight excluding hydrogens is 177 g/mol. The van der Waals surface area contributed by atoms with Crippen molar-refractivity contribution in [2.24, 2.45) is 5.73 Å². The van der Waals surface area contributed by atoms with Crippen molar-refractivity contribution < 1.29 is 4.39 Å². The second-order valence-electron chi connectivity index (χ2n) is 2.80. The number of halogens is 2. The minimum atomic E-state index is -0.181. The molecule has 0 heterocycles. The maximum Gasteiger partial charge on any atom is 0.126 e. The predicted molar refractivity (Wildman–Crippen MR) is 51.0 cm³/mol. The van der Waals surface area contributed by atoms with E-state index >= 15 is 0 Å². The lowest BCUT2D eigenvalue weighted by Crippen LogP contribution is -2.05. The Balaban J connectivity index is 0.00000121. The molecule has 68 valence electrons. The molecule has 3 heteroatoms. The van der Waals surface area contributed by atoms with Crippen molar-refractivity contribution in [2.75, 3.05) is 0 Å². The quantitative estimate of drug-likeness (QED) is 0.722. The van der Waals surface area contributed by atoms with Crippen LogP contribution in [-0.4, -0.2) is 0 Å². The van der Waals surface area contributed by atoms with E-state index in [1.165, 1.54) is 6.07 Å². The molecule has 1 aromatic rings. The van der Waals surface area contributed by atoms with Crippen molar-refractivity contribution in [2.45, 2.75) is 19.9 Å². The van der Waals surface area contributed by atoms with E-state index in [1.54, 1.807) is 13.0 Å². The van der Waals surface area contributed by atoms with Crippen LogP contribution in [-0.2, 0) is 0 Å². The molecule has 0 spiro atoms. The van der Waals surface area contributed by atoms with Gasteiger partial charge in [-0.05, 0) is 31.0 Å². The molecule has 1 rings (SSSR count). The van der Waals surface area contributed by atoms with E-state index in [9.17, 15) is 4.39 Å². The Labute approximate surface area is 78.2 Å². The Morgan fingerprint density at radius 2 is 2.00 bits per heavy atom. The van der Waals surface area contributed by atoms with Gasteiger partial charge < -0.3 is 5.73 Å². The van der Waals surface area contributed by atoms with Gasteiger partial charge in [0.2, 0.25) is 0 Å². The van der Waals surface area contributed by atoms with Gasteiger partial charge in [-0.15, -0.1) is 12.4 Å². The number of hydrogen-bond donors (Lipinski definition) is 1. The normalized spacial score (nSPS) is 12.0. The van der Waals surface area contributed by atoms with Gasteiger partial charge in [0.1, 0.15) is 5.82 Å². The first-order valence-corrected chi connectivity index (χ1v) is 3.63. The highest BCUT2D eigenvalue weighted by Gasteiger charge is 2.01. The van der Waals surface area contributed by atoms with Gasteiger partial charge in [-0.25, -0.2) is 4.39 Å². The highest BCUT2D eigenvalue weighted by Crippen LogP contribution is 2.13. The summed E-state index contributed by atoms with van der Waals surface area (Å²) in [6.45, 7) is 3.57. The average Bonchev–Trinajstić information content (AvgIpc) is 1.94. The standard InChI is InChI=1S/C9H12FN.ClH/c1-6-3-4-8(7(2)11)5-9(6)10;/h3-5,7H,11H2,1-2H3;1H/t7-;/m1./s1. The zero-order valence-corrected chi connectivity index (χ0v) is 7.99. The minimum absolute atomic E-state index is 0. The third kappa shape index (κ3) is 2.47. The average molecular weight is 190 g/mol. The highest BCUT2D eigenvalue weighted by molar-refractivity contribution is 5.85. The van der Waals surface area contributed by atoms with E-state index in [4.69, 9.17) is 5.73 Å². The lowest BCUT2D eigenvalue weighted by Gasteiger charge is -2.05. The maximum absolute atomic E-state index is 12.9. The summed E-state index contributed by atoms with van der Waals surface area (Å²) in [4.78, 5) is 0. The molecule has 0 saturated carbocycles. The second kappa shape index (κ2) is 4.43. The first kappa shape index (κ1) is 11.4. The van der Waals surface area contributed by atoms with Crippen molar-refractivity contribution in [1.29, 1.82) is 0 Å². The summed E-state index contributed by atoms with van der Waals surface area (Å²) in [5.74, 6) is -0.181. The van der Waals surface area contributed by atoms with E-state index in [-0.39, 0.29) is 24.3 Å². The van der Waals surface area contributed by atoms with Crippen LogP contribution >= 0.6 is 12.4 Å². The van der Waals surface area contributed by atoms with E-state index in [2.05, 4.69) is 0 Å². The van der Waals surface area contributed by atoms with Crippen LogP contribution < -0.4 is 5.73 Å². The second-order valence-corrected chi connectivity index (χ2v) is 2.80. The predicted octanol–water partition coefficient (Wildman–Crippen LogP) is 2.58. The summed E-state index contributed by atoms with van der Waals surface area (Å²) in [6, 6.07) is 4.99. The lowest BCUT2D eigenvalue weighted by molar-refractivity contribution is 0.613. The van der Waals surface area contributed by atoms with Crippen LogP contribution in [0.5, 0.6) is 0 Å². The van der Waals surface area contributed by atoms with Crippen LogP contribution in [0.2, 0.25) is 0 Å². The Hall–Kier alpha value is -0.600. The molecule has 0 saturated heterocycles. The monoisotopic (exact) mass is 189 g/mol. The van der Waals surface area contributed by atoms with Gasteiger partial charge in [-0.1, -0.05) is 12.1 Å². The van der Waals surface area contributed by atoms with Crippen molar-refractivity contribution in [3.8, 4) is 0 Å². The fourth-order valence-corrected chi connectivity index (χ4v) is 0.892. The van der Waals surface area contributed by atoms with Crippen LogP contribution in [0, 0.1) is 12.7 Å². The summed E-state index contributed by atoms with van der Waals surface area (Å²) >= 11 is 0. The number of aryl methyl sites for hydroxylation is 1. The summed E-state index contributed by atoms with van der Waals surface area (Å²) in [7, 11) is 0. The molecule has 1 atom stereocenters. The molecule has 2 N–H and O–H groups in total. The van der Waals surface area contributed by atoms with Gasteiger partial charge in [0.15, 0.2) is 0 Å². The number of rotatable bonds is 1. The number of nitrogens with two attached hydrogens (primary N) is 1. The van der Waals surface area contributed by atoms with E-state index in [0.717, 1.165) is 5.56 Å². The summed E-state index contributed by atoms with van der Waals surface area (Å²) in [5.41, 5.74) is 7.07. The fraction of sp³-hybridized carbons (Fsp3) is 0.333. The molecule has 0 radical (unpaired) electrons. The molecular formula is C9H13ClFN. The fourth-order valence-electron chi connectivity index (χ4n) is 0.892. The summed E-state index contributed by atoms with van der Waals surface area (Å²) in [5, 5.41) is 0. The molecule has 0 aliphatic rings. The van der Waals surface area contributed by atoms with Gasteiger partial charge in [0.25, 0.3) is 0 Å². The largest absolute Gasteiger partial charge is 0.324 e. The molecule has 12 heavy (non-hydrogen) atoms. The van der Waals surface area contributed by atoms with Crippen molar-refractivity contribution in [1.82, 2.24) is 0 Å². The highest BCUT2D eigenvalue weighted by atomic mass is 35.5. The zero-order chi connectivity index (χ0) is 8.43. The lowest BCUT2D eigenvalue weighted by atomic mass is 10.1. The molecule has 1 aromatic carbocycles. The van der Waals surface area contributed by atoms with Crippen LogP contribution in [0.1, 0.15) is 24.1 Å². The maximum atomic E-state index is 12.9. The summed E-state index contributed by atoms with van der Waals surface area (Å²) in [6.07, 6.45) is 0. The Morgan fingerprint density at radius 1 is 1.42 bits per heavy atom. The molecule has 0 bridgehead atoms. The SMILES string of the molecule is Cc1ccc([C@@H](C)N)cc1F.Cl. The molecule has 0 unspecified atom stereocenters. The molecule has 1 nitrogen and oxygen atoms in total. The Kier molecular flexibility index (Phi) is 4.21. The van der Waals surface area contributed by atoms with Crippen LogP contribution in [0.3, 0.4) is 0 Å². The minimum Gasteiger partial charge on any atom is -0.324 e. The first-order chi connectivity index (χ1) is 5.11. The Bertz CT molecular complexity index is 261. The molecule has 0 aliphatic heterocycles. The Morgan fingerprint density at radius 3 is 2.42 bits per heavy atom. The number of hydrogen-bond acceptors (Lipinski definition) is 1. The van der Waals surface area contributed by atoms with Gasteiger partial charge >= 0.3 is 0 Å². The van der Waals surface area contributed by atoms with Crippen LogP contribution in [0.25, 0.3) is 0 Å². The van der Waals surface area contributed by atoms with E-state index in [1.807, 2.05) is 13.0 Å². The third-order valence-electron chi connectivity index (χ3n) is 1.72. The first-order valence-electron chi connectivity index (χ1n) is 3.63. The summed E-state index contributed by atoms with van der Waals surface area (Å²) < 4.78 is 12.9. The van der Waals surface area contributed by atoms with Crippen LogP contribution in [0.15, 0.2) is 18.2 Å². The van der Waals surface area contributed by atoms with Crippen molar-refractivity contribution >= 4 is 12.4 Å². The van der Waals surface area contributed by atoms with Crippen molar-refractivity contribution in [3.05, 3.63) is 35.1 Å².